The van der Waals surface area contributed by atoms with Gasteiger partial charge in [0.15, 0.2) is 12.4 Å². The first-order valence-corrected chi connectivity index (χ1v) is 10.4. The van der Waals surface area contributed by atoms with Crippen LogP contribution in [-0.2, 0) is 14.8 Å². The molecule has 0 spiro atoms. The number of ether oxygens (including phenoxy) is 1. The molecule has 0 aliphatic rings. The lowest BCUT2D eigenvalue weighted by atomic mass is 10.1. The molecular formula is C18H14FNO5S2. The van der Waals surface area contributed by atoms with Gasteiger partial charge >= 0.3 is 5.97 Å². The molecule has 0 unspecified atom stereocenters. The third-order valence-electron chi connectivity index (χ3n) is 3.55. The van der Waals surface area contributed by atoms with E-state index in [-0.39, 0.29) is 10.4 Å². The van der Waals surface area contributed by atoms with E-state index in [1.807, 2.05) is 0 Å². The van der Waals surface area contributed by atoms with Crippen LogP contribution in [-0.4, -0.2) is 33.0 Å². The average molecular weight is 407 g/mol. The summed E-state index contributed by atoms with van der Waals surface area (Å²) in [4.78, 5) is 24.4. The Morgan fingerprint density at radius 3 is 2.48 bits per heavy atom. The van der Waals surface area contributed by atoms with E-state index in [1.165, 1.54) is 36.4 Å². The molecular weight excluding hydrogens is 393 g/mol. The summed E-state index contributed by atoms with van der Waals surface area (Å²) in [5.74, 6) is -1.58. The number of halogens is 1. The SMILES string of the molecule is CS(=O)(=O)Nc1ccc(C(=O)COC(=O)c2cc3c(F)cccc3s2)cc1. The van der Waals surface area contributed by atoms with Crippen molar-refractivity contribution in [2.75, 3.05) is 17.6 Å². The first-order valence-electron chi connectivity index (χ1n) is 7.69. The van der Waals surface area contributed by atoms with Crippen molar-refractivity contribution in [1.82, 2.24) is 0 Å². The van der Waals surface area contributed by atoms with Crippen molar-refractivity contribution in [3.63, 3.8) is 0 Å². The summed E-state index contributed by atoms with van der Waals surface area (Å²) in [6.07, 6.45) is 1.02. The van der Waals surface area contributed by atoms with E-state index in [2.05, 4.69) is 4.72 Å². The van der Waals surface area contributed by atoms with Crippen LogP contribution in [0.25, 0.3) is 10.1 Å². The summed E-state index contributed by atoms with van der Waals surface area (Å²) in [6.45, 7) is -0.478. The summed E-state index contributed by atoms with van der Waals surface area (Å²) in [6, 6.07) is 11.7. The minimum Gasteiger partial charge on any atom is -0.453 e. The van der Waals surface area contributed by atoms with E-state index in [1.54, 1.807) is 12.1 Å². The summed E-state index contributed by atoms with van der Waals surface area (Å²) in [7, 11) is -3.41. The fourth-order valence-corrected chi connectivity index (χ4v) is 3.88. The fourth-order valence-electron chi connectivity index (χ4n) is 2.35. The van der Waals surface area contributed by atoms with Gasteiger partial charge in [-0.1, -0.05) is 6.07 Å². The molecule has 0 fully saturated rings. The van der Waals surface area contributed by atoms with Gasteiger partial charge in [-0.25, -0.2) is 17.6 Å². The number of esters is 1. The quantitative estimate of drug-likeness (QED) is 0.499. The number of rotatable bonds is 6. The van der Waals surface area contributed by atoms with Crippen LogP contribution in [0, 0.1) is 5.82 Å². The highest BCUT2D eigenvalue weighted by Crippen LogP contribution is 2.28. The molecule has 1 aromatic heterocycles. The highest BCUT2D eigenvalue weighted by atomic mass is 32.2. The number of fused-ring (bicyclic) bond motifs is 1. The van der Waals surface area contributed by atoms with Gasteiger partial charge in [0.2, 0.25) is 10.0 Å². The van der Waals surface area contributed by atoms with Gasteiger partial charge in [0.25, 0.3) is 0 Å². The standard InChI is InChI=1S/C18H14FNO5S2/c1-27(23,24)20-12-7-5-11(6-8-12)15(21)10-25-18(22)17-9-13-14(19)3-2-4-16(13)26-17/h2-9,20H,10H2,1H3. The van der Waals surface area contributed by atoms with Crippen LogP contribution < -0.4 is 4.72 Å². The molecule has 27 heavy (non-hydrogen) atoms. The van der Waals surface area contributed by atoms with Crippen molar-refractivity contribution in [2.45, 2.75) is 0 Å². The average Bonchev–Trinajstić information content (AvgIpc) is 3.04. The summed E-state index contributed by atoms with van der Waals surface area (Å²) < 4.78 is 43.9. The van der Waals surface area contributed by atoms with Crippen molar-refractivity contribution in [1.29, 1.82) is 0 Å². The van der Waals surface area contributed by atoms with E-state index in [4.69, 9.17) is 4.74 Å². The highest BCUT2D eigenvalue weighted by molar-refractivity contribution is 7.92. The van der Waals surface area contributed by atoms with Gasteiger partial charge in [-0.15, -0.1) is 11.3 Å². The third-order valence-corrected chi connectivity index (χ3v) is 5.24. The predicted octanol–water partition coefficient (Wildman–Crippen LogP) is 3.45. The minimum absolute atomic E-state index is 0.204. The van der Waals surface area contributed by atoms with Crippen molar-refractivity contribution in [3.05, 3.63) is 64.8 Å². The van der Waals surface area contributed by atoms with Crippen LogP contribution in [0.5, 0.6) is 0 Å². The van der Waals surface area contributed by atoms with Gasteiger partial charge in [0, 0.05) is 21.3 Å². The van der Waals surface area contributed by atoms with Gasteiger partial charge < -0.3 is 4.74 Å². The smallest absolute Gasteiger partial charge is 0.348 e. The van der Waals surface area contributed by atoms with Gasteiger partial charge in [-0.2, -0.15) is 0 Å². The monoisotopic (exact) mass is 407 g/mol. The number of hydrogen-bond donors (Lipinski definition) is 1. The molecule has 0 saturated carbocycles. The second-order valence-corrected chi connectivity index (χ2v) is 8.55. The lowest BCUT2D eigenvalue weighted by Crippen LogP contribution is -2.14. The van der Waals surface area contributed by atoms with Crippen molar-refractivity contribution < 1.29 is 27.1 Å². The van der Waals surface area contributed by atoms with Crippen molar-refractivity contribution in [3.8, 4) is 0 Å². The predicted molar refractivity (Wildman–Crippen MR) is 101 cm³/mol. The number of benzene rings is 2. The molecule has 0 aliphatic heterocycles. The van der Waals surface area contributed by atoms with Crippen LogP contribution in [0.3, 0.4) is 0 Å². The zero-order chi connectivity index (χ0) is 19.6. The minimum atomic E-state index is -3.41. The molecule has 1 heterocycles. The Bertz CT molecular complexity index is 1120. The van der Waals surface area contributed by atoms with Gasteiger partial charge in [0.05, 0.1) is 6.26 Å². The molecule has 0 atom stereocenters. The summed E-state index contributed by atoms with van der Waals surface area (Å²) in [5, 5.41) is 0.328. The van der Waals surface area contributed by atoms with Gasteiger partial charge in [0.1, 0.15) is 10.7 Å². The number of hydrogen-bond acceptors (Lipinski definition) is 6. The van der Waals surface area contributed by atoms with E-state index in [0.717, 1.165) is 17.6 Å². The number of carbonyl (C=O) groups excluding carboxylic acids is 2. The van der Waals surface area contributed by atoms with Crippen LogP contribution in [0.15, 0.2) is 48.5 Å². The highest BCUT2D eigenvalue weighted by Gasteiger charge is 2.16. The molecule has 0 aliphatic carbocycles. The van der Waals surface area contributed by atoms with Crippen LogP contribution in [0.4, 0.5) is 10.1 Å². The molecule has 2 aromatic carbocycles. The maximum absolute atomic E-state index is 13.7. The Kier molecular flexibility index (Phi) is 5.24. The molecule has 0 saturated heterocycles. The number of sulfonamides is 1. The lowest BCUT2D eigenvalue weighted by Gasteiger charge is -2.06. The first-order chi connectivity index (χ1) is 12.7. The number of ketones is 1. The number of nitrogens with one attached hydrogen (secondary N) is 1. The molecule has 3 aromatic rings. The van der Waals surface area contributed by atoms with E-state index < -0.39 is 34.2 Å². The lowest BCUT2D eigenvalue weighted by molar-refractivity contribution is 0.0479. The number of Topliss-reactive ketones (excluding diaryl/α,β-unsaturated/α-hetero) is 1. The molecule has 9 heteroatoms. The topological polar surface area (TPSA) is 89.5 Å². The third kappa shape index (κ3) is 4.69. The Labute approximate surface area is 158 Å². The van der Waals surface area contributed by atoms with Gasteiger partial charge in [-0.05, 0) is 42.5 Å². The van der Waals surface area contributed by atoms with E-state index in [9.17, 15) is 22.4 Å². The number of thiophene rings is 1. The van der Waals surface area contributed by atoms with Crippen LogP contribution in [0.2, 0.25) is 0 Å². The summed E-state index contributed by atoms with van der Waals surface area (Å²) in [5.41, 5.74) is 0.586. The Hall–Kier alpha value is -2.78. The molecule has 0 radical (unpaired) electrons. The molecule has 140 valence electrons. The normalized spacial score (nSPS) is 11.3. The molecule has 3 rings (SSSR count). The molecule has 1 N–H and O–H groups in total. The fraction of sp³-hybridized carbons (Fsp3) is 0.111. The van der Waals surface area contributed by atoms with Gasteiger partial charge in [-0.3, -0.25) is 9.52 Å². The number of anilines is 1. The summed E-state index contributed by atoms with van der Waals surface area (Å²) >= 11 is 1.08. The van der Waals surface area contributed by atoms with Crippen molar-refractivity contribution in [2.24, 2.45) is 0 Å². The van der Waals surface area contributed by atoms with E-state index in [0.29, 0.717) is 15.8 Å². The second-order valence-electron chi connectivity index (χ2n) is 5.71. The van der Waals surface area contributed by atoms with Crippen molar-refractivity contribution >= 4 is 48.9 Å². The Morgan fingerprint density at radius 1 is 1.15 bits per heavy atom. The molecule has 0 amide bonds. The Morgan fingerprint density at radius 2 is 1.85 bits per heavy atom. The van der Waals surface area contributed by atoms with Crippen LogP contribution >= 0.6 is 11.3 Å². The molecule has 6 nitrogen and oxygen atoms in total. The largest absolute Gasteiger partial charge is 0.453 e. The van der Waals surface area contributed by atoms with E-state index >= 15 is 0 Å². The zero-order valence-electron chi connectivity index (χ0n) is 14.1. The maximum atomic E-state index is 13.7. The Balaban J connectivity index is 1.64. The first kappa shape index (κ1) is 19.0. The van der Waals surface area contributed by atoms with Crippen LogP contribution in [0.1, 0.15) is 20.0 Å². The number of carbonyl (C=O) groups is 2. The maximum Gasteiger partial charge on any atom is 0.348 e. The zero-order valence-corrected chi connectivity index (χ0v) is 15.7. The molecule has 0 bridgehead atoms. The second kappa shape index (κ2) is 7.45.